The van der Waals surface area contributed by atoms with Gasteiger partial charge in [0.1, 0.15) is 0 Å². The highest BCUT2D eigenvalue weighted by Crippen LogP contribution is 2.26. The Hall–Kier alpha value is -0.830. The number of fused-ring (bicyclic) bond motifs is 1. The Labute approximate surface area is 180 Å². The maximum atomic E-state index is 10.5. The molecule has 2 aliphatic carbocycles. The van der Waals surface area contributed by atoms with Gasteiger partial charge < -0.3 is 15.7 Å². The zero-order valence-corrected chi connectivity index (χ0v) is 19.3. The van der Waals surface area contributed by atoms with Crippen molar-refractivity contribution in [3.05, 3.63) is 17.5 Å². The lowest BCUT2D eigenvalue weighted by Gasteiger charge is -2.28. The zero-order chi connectivity index (χ0) is 18.5. The lowest BCUT2D eigenvalue weighted by molar-refractivity contribution is 0.0879. The monoisotopic (exact) mass is 489 g/mol. The van der Waals surface area contributed by atoms with Crippen LogP contribution in [0.15, 0.2) is 11.2 Å². The van der Waals surface area contributed by atoms with E-state index in [1.165, 1.54) is 30.5 Å². The fraction of sp³-hybridized carbons (Fsp3) is 0.800. The van der Waals surface area contributed by atoms with Crippen molar-refractivity contribution in [3.63, 3.8) is 0 Å². The van der Waals surface area contributed by atoms with E-state index in [0.29, 0.717) is 24.5 Å². The molecule has 0 aromatic carbocycles. The number of aliphatic imine (C=N–C) groups is 1. The first-order chi connectivity index (χ1) is 12.6. The van der Waals surface area contributed by atoms with Crippen molar-refractivity contribution in [2.45, 2.75) is 83.4 Å². The van der Waals surface area contributed by atoms with Crippen LogP contribution in [0.2, 0.25) is 0 Å². The summed E-state index contributed by atoms with van der Waals surface area (Å²) in [4.78, 5) is 4.35. The number of aromatic nitrogens is 2. The lowest BCUT2D eigenvalue weighted by atomic mass is 9.85. The highest BCUT2D eigenvalue weighted by atomic mass is 127. The Bertz CT molecular complexity index is 610. The molecule has 27 heavy (non-hydrogen) atoms. The Morgan fingerprint density at radius 2 is 2.04 bits per heavy atom. The van der Waals surface area contributed by atoms with Crippen molar-refractivity contribution >= 4 is 29.9 Å². The van der Waals surface area contributed by atoms with Crippen molar-refractivity contribution in [1.82, 2.24) is 20.4 Å². The number of aryl methyl sites for hydroxylation is 1. The summed E-state index contributed by atoms with van der Waals surface area (Å²) >= 11 is 0. The molecule has 154 valence electrons. The SMILES string of the molecule is CN=C(NCC(O)C1CCCCC1)NC1CCc2cn(C(C)C)nc2C1.I. The molecule has 0 bridgehead atoms. The first-order valence-electron chi connectivity index (χ1n) is 10.3. The van der Waals surface area contributed by atoms with E-state index < -0.39 is 0 Å². The fourth-order valence-corrected chi connectivity index (χ4v) is 4.18. The Morgan fingerprint density at radius 3 is 2.70 bits per heavy atom. The average molecular weight is 489 g/mol. The van der Waals surface area contributed by atoms with Crippen LogP contribution in [-0.4, -0.2) is 46.6 Å². The molecule has 6 nitrogen and oxygen atoms in total. The first kappa shape index (κ1) is 22.5. The molecular weight excluding hydrogens is 453 g/mol. The molecule has 0 saturated heterocycles. The Morgan fingerprint density at radius 1 is 1.30 bits per heavy atom. The van der Waals surface area contributed by atoms with Gasteiger partial charge in [-0.3, -0.25) is 9.67 Å². The smallest absolute Gasteiger partial charge is 0.191 e. The maximum absolute atomic E-state index is 10.5. The van der Waals surface area contributed by atoms with E-state index in [2.05, 4.69) is 40.4 Å². The summed E-state index contributed by atoms with van der Waals surface area (Å²) in [6, 6.07) is 0.749. The van der Waals surface area contributed by atoms with Crippen LogP contribution in [0.3, 0.4) is 0 Å². The van der Waals surface area contributed by atoms with Crippen molar-refractivity contribution in [1.29, 1.82) is 0 Å². The largest absolute Gasteiger partial charge is 0.391 e. The average Bonchev–Trinajstić information content (AvgIpc) is 3.09. The van der Waals surface area contributed by atoms with Gasteiger partial charge in [-0.2, -0.15) is 5.10 Å². The highest BCUT2D eigenvalue weighted by molar-refractivity contribution is 14.0. The number of halogens is 1. The number of guanidine groups is 1. The van der Waals surface area contributed by atoms with Gasteiger partial charge >= 0.3 is 0 Å². The van der Waals surface area contributed by atoms with Gasteiger partial charge in [-0.1, -0.05) is 19.3 Å². The van der Waals surface area contributed by atoms with E-state index in [-0.39, 0.29) is 30.1 Å². The summed E-state index contributed by atoms with van der Waals surface area (Å²) in [5.74, 6) is 1.23. The molecule has 1 aromatic heterocycles. The number of aliphatic hydroxyl groups excluding tert-OH is 1. The van der Waals surface area contributed by atoms with Gasteiger partial charge in [-0.05, 0) is 51.0 Å². The van der Waals surface area contributed by atoms with Gasteiger partial charge in [0.15, 0.2) is 5.96 Å². The molecule has 0 amide bonds. The van der Waals surface area contributed by atoms with E-state index in [0.717, 1.165) is 38.1 Å². The molecule has 0 spiro atoms. The molecular formula is C20H36IN5O. The number of hydrogen-bond acceptors (Lipinski definition) is 3. The number of rotatable bonds is 5. The third kappa shape index (κ3) is 6.07. The van der Waals surface area contributed by atoms with Crippen LogP contribution in [0.25, 0.3) is 0 Å². The number of aliphatic hydroxyl groups is 1. The molecule has 1 aromatic rings. The van der Waals surface area contributed by atoms with E-state index in [4.69, 9.17) is 5.10 Å². The van der Waals surface area contributed by atoms with Gasteiger partial charge in [-0.25, -0.2) is 0 Å². The van der Waals surface area contributed by atoms with Crippen LogP contribution in [0.1, 0.15) is 69.7 Å². The molecule has 2 aliphatic rings. The summed E-state index contributed by atoms with van der Waals surface area (Å²) < 4.78 is 2.07. The van der Waals surface area contributed by atoms with E-state index in [1.807, 2.05) is 0 Å². The van der Waals surface area contributed by atoms with Crippen molar-refractivity contribution in [2.24, 2.45) is 10.9 Å². The normalized spacial score (nSPS) is 22.1. The van der Waals surface area contributed by atoms with Gasteiger partial charge in [0.25, 0.3) is 0 Å². The number of nitrogens with zero attached hydrogens (tertiary/aromatic N) is 3. The van der Waals surface area contributed by atoms with Crippen LogP contribution in [0.5, 0.6) is 0 Å². The minimum Gasteiger partial charge on any atom is -0.391 e. The molecule has 0 aliphatic heterocycles. The molecule has 1 heterocycles. The maximum Gasteiger partial charge on any atom is 0.191 e. The van der Waals surface area contributed by atoms with Gasteiger partial charge in [0.05, 0.1) is 11.8 Å². The summed E-state index contributed by atoms with van der Waals surface area (Å²) in [5.41, 5.74) is 2.59. The third-order valence-electron chi connectivity index (χ3n) is 5.86. The van der Waals surface area contributed by atoms with Crippen molar-refractivity contribution in [2.75, 3.05) is 13.6 Å². The molecule has 2 atom stereocenters. The zero-order valence-electron chi connectivity index (χ0n) is 16.9. The van der Waals surface area contributed by atoms with Gasteiger partial charge in [-0.15, -0.1) is 24.0 Å². The predicted molar refractivity (Wildman–Crippen MR) is 121 cm³/mol. The molecule has 3 rings (SSSR count). The summed E-state index contributed by atoms with van der Waals surface area (Å²) in [6.07, 6.45) is 11.1. The minimum absolute atomic E-state index is 0. The highest BCUT2D eigenvalue weighted by Gasteiger charge is 2.24. The molecule has 1 saturated carbocycles. The fourth-order valence-electron chi connectivity index (χ4n) is 4.18. The molecule has 7 heteroatoms. The summed E-state index contributed by atoms with van der Waals surface area (Å²) in [5, 5.41) is 22.0. The minimum atomic E-state index is -0.284. The predicted octanol–water partition coefficient (Wildman–Crippen LogP) is 3.05. The molecule has 3 N–H and O–H groups in total. The third-order valence-corrected chi connectivity index (χ3v) is 5.86. The molecule has 0 radical (unpaired) electrons. The lowest BCUT2D eigenvalue weighted by Crippen LogP contribution is -2.48. The second-order valence-electron chi connectivity index (χ2n) is 8.18. The van der Waals surface area contributed by atoms with Crippen molar-refractivity contribution < 1.29 is 5.11 Å². The molecule has 2 unspecified atom stereocenters. The standard InChI is InChI=1S/C20H35N5O.HI/c1-14(2)25-13-16-9-10-17(11-18(16)24-25)23-20(21-3)22-12-19(26)15-7-5-4-6-8-15;/h13-15,17,19,26H,4-12H2,1-3H3,(H2,21,22,23);1H. The second kappa shape index (κ2) is 10.6. The van der Waals surface area contributed by atoms with Crippen LogP contribution < -0.4 is 10.6 Å². The first-order valence-corrected chi connectivity index (χ1v) is 10.3. The van der Waals surface area contributed by atoms with Crippen LogP contribution in [0.4, 0.5) is 0 Å². The van der Waals surface area contributed by atoms with Crippen LogP contribution in [-0.2, 0) is 12.8 Å². The number of hydrogen-bond donors (Lipinski definition) is 3. The Balaban J connectivity index is 0.00000261. The van der Waals surface area contributed by atoms with Crippen LogP contribution >= 0.6 is 24.0 Å². The molecule has 1 fully saturated rings. The van der Waals surface area contributed by atoms with E-state index in [9.17, 15) is 5.11 Å². The van der Waals surface area contributed by atoms with Gasteiger partial charge in [0.2, 0.25) is 0 Å². The summed E-state index contributed by atoms with van der Waals surface area (Å²) in [6.45, 7) is 4.90. The van der Waals surface area contributed by atoms with Gasteiger partial charge in [0, 0.05) is 38.3 Å². The Kier molecular flexibility index (Phi) is 8.85. The van der Waals surface area contributed by atoms with E-state index >= 15 is 0 Å². The topological polar surface area (TPSA) is 74.5 Å². The second-order valence-corrected chi connectivity index (χ2v) is 8.18. The summed E-state index contributed by atoms with van der Waals surface area (Å²) in [7, 11) is 1.80. The number of nitrogens with one attached hydrogen (secondary N) is 2. The van der Waals surface area contributed by atoms with E-state index in [1.54, 1.807) is 7.05 Å². The van der Waals surface area contributed by atoms with Crippen LogP contribution in [0, 0.1) is 5.92 Å². The van der Waals surface area contributed by atoms with Crippen molar-refractivity contribution in [3.8, 4) is 0 Å². The quantitative estimate of drug-likeness (QED) is 0.338.